The van der Waals surface area contributed by atoms with Crippen molar-refractivity contribution in [3.05, 3.63) is 23.5 Å². The second-order valence-electron chi connectivity index (χ2n) is 3.17. The maximum absolute atomic E-state index is 11.1. The Morgan fingerprint density at radius 2 is 2.27 bits per heavy atom. The lowest BCUT2D eigenvalue weighted by atomic mass is 10.4. The molecule has 0 saturated carbocycles. The highest BCUT2D eigenvalue weighted by molar-refractivity contribution is 6.30. The molecule has 0 aromatic carbocycles. The lowest BCUT2D eigenvalue weighted by Crippen LogP contribution is -2.18. The van der Waals surface area contributed by atoms with Crippen molar-refractivity contribution in [1.29, 1.82) is 0 Å². The van der Waals surface area contributed by atoms with E-state index in [-0.39, 0.29) is 12.7 Å². The van der Waals surface area contributed by atoms with Crippen molar-refractivity contribution in [3.63, 3.8) is 0 Å². The average molecular weight is 230 g/mol. The van der Waals surface area contributed by atoms with Gasteiger partial charge in [0.1, 0.15) is 5.75 Å². The normalized spacial score (nSPS) is 10.1. The fourth-order valence-corrected chi connectivity index (χ4v) is 1.07. The Hall–Kier alpha value is -1.29. The van der Waals surface area contributed by atoms with Gasteiger partial charge in [0.25, 0.3) is 0 Å². The second-order valence-corrected chi connectivity index (χ2v) is 3.60. The fourth-order valence-electron chi connectivity index (χ4n) is 0.910. The minimum atomic E-state index is -0.412. The van der Waals surface area contributed by atoms with Gasteiger partial charge in [0.2, 0.25) is 0 Å². The summed E-state index contributed by atoms with van der Waals surface area (Å²) in [5.74, 6) is 0.0354. The van der Waals surface area contributed by atoms with Gasteiger partial charge in [0.15, 0.2) is 6.61 Å². The number of carbonyl (C=O) groups is 1. The number of ether oxygens (including phenoxy) is 2. The van der Waals surface area contributed by atoms with Crippen molar-refractivity contribution >= 4 is 17.6 Å². The molecule has 82 valence electrons. The molecule has 0 N–H and O–H groups in total. The zero-order chi connectivity index (χ0) is 11.3. The smallest absolute Gasteiger partial charge is 0.344 e. The average Bonchev–Trinajstić information content (AvgIpc) is 2.14. The number of halogens is 1. The molecule has 0 aliphatic heterocycles. The zero-order valence-corrected chi connectivity index (χ0v) is 9.32. The second kappa shape index (κ2) is 5.56. The van der Waals surface area contributed by atoms with Crippen LogP contribution in [0.4, 0.5) is 0 Å². The standard InChI is InChI=1S/C10H12ClNO3/c1-7(2)15-10(13)6-14-9-3-8(11)4-12-5-9/h3-5,7H,6H2,1-2H3. The Morgan fingerprint density at radius 3 is 2.87 bits per heavy atom. The Morgan fingerprint density at radius 1 is 1.53 bits per heavy atom. The molecule has 4 nitrogen and oxygen atoms in total. The molecule has 0 fully saturated rings. The molecule has 0 bridgehead atoms. The Kier molecular flexibility index (Phi) is 4.37. The van der Waals surface area contributed by atoms with E-state index in [0.717, 1.165) is 0 Å². The van der Waals surface area contributed by atoms with E-state index >= 15 is 0 Å². The maximum atomic E-state index is 11.1. The number of hydrogen-bond donors (Lipinski definition) is 0. The third kappa shape index (κ3) is 4.65. The molecule has 1 rings (SSSR count). The van der Waals surface area contributed by atoms with E-state index in [1.165, 1.54) is 12.4 Å². The molecule has 0 spiro atoms. The first kappa shape index (κ1) is 11.8. The molecule has 0 aliphatic carbocycles. The van der Waals surface area contributed by atoms with Gasteiger partial charge in [0, 0.05) is 12.3 Å². The minimum Gasteiger partial charge on any atom is -0.480 e. The predicted molar refractivity (Wildman–Crippen MR) is 56.0 cm³/mol. The highest BCUT2D eigenvalue weighted by Gasteiger charge is 2.06. The van der Waals surface area contributed by atoms with Crippen LogP contribution in [0.15, 0.2) is 18.5 Å². The lowest BCUT2D eigenvalue weighted by Gasteiger charge is -2.08. The molecule has 1 aromatic rings. The van der Waals surface area contributed by atoms with Crippen molar-refractivity contribution in [2.75, 3.05) is 6.61 Å². The highest BCUT2D eigenvalue weighted by Crippen LogP contribution is 2.14. The summed E-state index contributed by atoms with van der Waals surface area (Å²) in [5, 5.41) is 0.463. The Bertz CT molecular complexity index is 341. The minimum absolute atomic E-state index is 0.139. The predicted octanol–water partition coefficient (Wildman–Crippen LogP) is 2.07. The molecule has 5 heteroatoms. The van der Waals surface area contributed by atoms with Gasteiger partial charge >= 0.3 is 5.97 Å². The van der Waals surface area contributed by atoms with Crippen LogP contribution in [0.25, 0.3) is 0 Å². The van der Waals surface area contributed by atoms with E-state index in [1.807, 2.05) is 0 Å². The fraction of sp³-hybridized carbons (Fsp3) is 0.400. The molecule has 1 heterocycles. The lowest BCUT2D eigenvalue weighted by molar-refractivity contribution is -0.149. The number of carbonyl (C=O) groups excluding carboxylic acids is 1. The third-order valence-electron chi connectivity index (χ3n) is 1.40. The van der Waals surface area contributed by atoms with E-state index in [2.05, 4.69) is 4.98 Å². The summed E-state index contributed by atoms with van der Waals surface area (Å²) in [6, 6.07) is 1.58. The van der Waals surface area contributed by atoms with E-state index in [1.54, 1.807) is 19.9 Å². The summed E-state index contributed by atoms with van der Waals surface area (Å²) in [6.07, 6.45) is 2.83. The Balaban J connectivity index is 2.40. The van der Waals surface area contributed by atoms with Gasteiger partial charge in [-0.15, -0.1) is 0 Å². The van der Waals surface area contributed by atoms with Crippen LogP contribution in [0.5, 0.6) is 5.75 Å². The molecule has 15 heavy (non-hydrogen) atoms. The molecular formula is C10H12ClNO3. The molecule has 0 unspecified atom stereocenters. The number of nitrogens with zero attached hydrogens (tertiary/aromatic N) is 1. The van der Waals surface area contributed by atoms with Gasteiger partial charge in [-0.1, -0.05) is 11.6 Å². The first-order valence-corrected chi connectivity index (χ1v) is 4.88. The van der Waals surface area contributed by atoms with Crippen LogP contribution >= 0.6 is 11.6 Å². The third-order valence-corrected chi connectivity index (χ3v) is 1.61. The monoisotopic (exact) mass is 229 g/mol. The van der Waals surface area contributed by atoms with Crippen molar-refractivity contribution < 1.29 is 14.3 Å². The van der Waals surface area contributed by atoms with E-state index < -0.39 is 5.97 Å². The topological polar surface area (TPSA) is 48.4 Å². The van der Waals surface area contributed by atoms with Gasteiger partial charge in [0.05, 0.1) is 17.3 Å². The van der Waals surface area contributed by atoms with Gasteiger partial charge in [-0.2, -0.15) is 0 Å². The van der Waals surface area contributed by atoms with Gasteiger partial charge in [-0.3, -0.25) is 4.98 Å². The van der Waals surface area contributed by atoms with Gasteiger partial charge in [-0.25, -0.2) is 4.79 Å². The van der Waals surface area contributed by atoms with Crippen molar-refractivity contribution in [2.24, 2.45) is 0 Å². The van der Waals surface area contributed by atoms with E-state index in [9.17, 15) is 4.79 Å². The van der Waals surface area contributed by atoms with Gasteiger partial charge < -0.3 is 9.47 Å². The van der Waals surface area contributed by atoms with Crippen LogP contribution < -0.4 is 4.74 Å². The first-order chi connectivity index (χ1) is 7.08. The largest absolute Gasteiger partial charge is 0.480 e. The zero-order valence-electron chi connectivity index (χ0n) is 8.57. The molecule has 1 aromatic heterocycles. The summed E-state index contributed by atoms with van der Waals surface area (Å²) in [4.78, 5) is 14.9. The van der Waals surface area contributed by atoms with Crippen molar-refractivity contribution in [3.8, 4) is 5.75 Å². The molecule has 0 saturated heterocycles. The van der Waals surface area contributed by atoms with Crippen LogP contribution in [0.3, 0.4) is 0 Å². The summed E-state index contributed by atoms with van der Waals surface area (Å²) in [7, 11) is 0. The van der Waals surface area contributed by atoms with E-state index in [0.29, 0.717) is 10.8 Å². The number of esters is 1. The van der Waals surface area contributed by atoms with Crippen LogP contribution in [0, 0.1) is 0 Å². The highest BCUT2D eigenvalue weighted by atomic mass is 35.5. The van der Waals surface area contributed by atoms with Crippen LogP contribution in [0.1, 0.15) is 13.8 Å². The van der Waals surface area contributed by atoms with Crippen molar-refractivity contribution in [1.82, 2.24) is 4.98 Å². The number of aromatic nitrogens is 1. The summed E-state index contributed by atoms with van der Waals surface area (Å²) < 4.78 is 10.0. The van der Waals surface area contributed by atoms with Crippen LogP contribution in [0.2, 0.25) is 5.02 Å². The number of hydrogen-bond acceptors (Lipinski definition) is 4. The quantitative estimate of drug-likeness (QED) is 0.742. The van der Waals surface area contributed by atoms with E-state index in [4.69, 9.17) is 21.1 Å². The molecular weight excluding hydrogens is 218 g/mol. The summed E-state index contributed by atoms with van der Waals surface area (Å²) in [6.45, 7) is 3.41. The van der Waals surface area contributed by atoms with Crippen LogP contribution in [-0.4, -0.2) is 23.7 Å². The molecule has 0 amide bonds. The molecule has 0 atom stereocenters. The first-order valence-electron chi connectivity index (χ1n) is 4.51. The Labute approximate surface area is 93.2 Å². The molecule has 0 radical (unpaired) electrons. The SMILES string of the molecule is CC(C)OC(=O)COc1cncc(Cl)c1. The number of pyridine rings is 1. The summed E-state index contributed by atoms with van der Waals surface area (Å²) >= 11 is 5.69. The maximum Gasteiger partial charge on any atom is 0.344 e. The van der Waals surface area contributed by atoms with Crippen molar-refractivity contribution in [2.45, 2.75) is 20.0 Å². The summed E-state index contributed by atoms with van der Waals surface area (Å²) in [5.41, 5.74) is 0. The van der Waals surface area contributed by atoms with Gasteiger partial charge in [-0.05, 0) is 13.8 Å². The van der Waals surface area contributed by atoms with Crippen LogP contribution in [-0.2, 0) is 9.53 Å². The number of rotatable bonds is 4. The molecule has 0 aliphatic rings.